The quantitative estimate of drug-likeness (QED) is 0.148. The molecule has 0 aliphatic rings. The van der Waals surface area contributed by atoms with Crippen LogP contribution in [-0.4, -0.2) is 30.0 Å². The van der Waals surface area contributed by atoms with E-state index in [-0.39, 0.29) is 0 Å². The summed E-state index contributed by atoms with van der Waals surface area (Å²) < 4.78 is 0. The molecule has 0 unspecified atom stereocenters. The van der Waals surface area contributed by atoms with E-state index >= 15 is 0 Å². The van der Waals surface area contributed by atoms with Crippen molar-refractivity contribution in [2.24, 2.45) is 0 Å². The molecule has 0 fully saturated rings. The lowest BCUT2D eigenvalue weighted by molar-refractivity contribution is 0.765. The van der Waals surface area contributed by atoms with Crippen molar-refractivity contribution in [3.8, 4) is 22.5 Å². The topological polar surface area (TPSA) is 67.9 Å². The van der Waals surface area contributed by atoms with E-state index < -0.39 is 0 Å². The first-order chi connectivity index (χ1) is 27.7. The summed E-state index contributed by atoms with van der Waals surface area (Å²) in [6, 6.07) is 70.7. The van der Waals surface area contributed by atoms with Gasteiger partial charge in [-0.15, -0.1) is 20.4 Å². The largest absolute Gasteiger partial charge is 0.310 e. The third kappa shape index (κ3) is 6.31. The second-order valence-electron chi connectivity index (χ2n) is 13.4. The van der Waals surface area contributed by atoms with Crippen LogP contribution in [0.1, 0.15) is 0 Å². The third-order valence-electron chi connectivity index (χ3n) is 9.83. The Kier molecular flexibility index (Phi) is 8.31. The molecule has 0 aliphatic carbocycles. The van der Waals surface area contributed by atoms with Crippen LogP contribution < -0.4 is 9.80 Å². The first-order valence-electron chi connectivity index (χ1n) is 18.5. The van der Waals surface area contributed by atoms with Gasteiger partial charge >= 0.3 is 0 Å². The first kappa shape index (κ1) is 32.8. The molecule has 266 valence electrons. The SMILES string of the molecule is c1ccc(N(c2ccc(-c3ccc(N(c4ccccc4)c4ccc5nn(-c6ccccc6)nc5c4)cc3)cc2)c2ccc3nn(-c4ccccc4)nc3c2)cc1. The Hall–Kier alpha value is -7.84. The van der Waals surface area contributed by atoms with E-state index in [1.807, 2.05) is 84.9 Å². The fourth-order valence-corrected chi connectivity index (χ4v) is 7.09. The van der Waals surface area contributed by atoms with Crippen LogP contribution in [0, 0.1) is 0 Å². The lowest BCUT2D eigenvalue weighted by Gasteiger charge is -2.26. The molecule has 0 saturated heterocycles. The maximum absolute atomic E-state index is 4.82. The number of anilines is 6. The standard InChI is InChI=1S/C48H34N8/c1-5-13-37(14-6-1)53(43-29-31-45-47(33-43)51-55(49-45)41-17-9-3-10-18-41)39-25-21-35(22-26-39)36-23-27-40(28-24-36)54(38-15-7-2-8-16-38)44-30-32-46-48(34-44)52-56(50-46)42-19-11-4-12-20-42/h1-34H. The van der Waals surface area contributed by atoms with Gasteiger partial charge in [0.25, 0.3) is 0 Å². The van der Waals surface area contributed by atoms with Gasteiger partial charge in [-0.2, -0.15) is 9.59 Å². The van der Waals surface area contributed by atoms with E-state index in [0.717, 1.165) is 78.7 Å². The molecule has 0 saturated carbocycles. The van der Waals surface area contributed by atoms with E-state index in [0.29, 0.717) is 0 Å². The molecule has 2 aromatic heterocycles. The Morgan fingerprint density at radius 2 is 0.571 bits per heavy atom. The van der Waals surface area contributed by atoms with E-state index in [1.165, 1.54) is 0 Å². The highest BCUT2D eigenvalue weighted by Crippen LogP contribution is 2.39. The van der Waals surface area contributed by atoms with Crippen LogP contribution in [0.15, 0.2) is 206 Å². The Labute approximate surface area is 323 Å². The van der Waals surface area contributed by atoms with Crippen LogP contribution in [0.2, 0.25) is 0 Å². The van der Waals surface area contributed by atoms with Crippen molar-refractivity contribution in [2.75, 3.05) is 9.80 Å². The molecule has 0 aliphatic heterocycles. The highest BCUT2D eigenvalue weighted by atomic mass is 15.5. The number of fused-ring (bicyclic) bond motifs is 2. The smallest absolute Gasteiger partial charge is 0.115 e. The van der Waals surface area contributed by atoms with Crippen molar-refractivity contribution in [2.45, 2.75) is 0 Å². The fourth-order valence-electron chi connectivity index (χ4n) is 7.09. The number of benzene rings is 8. The highest BCUT2D eigenvalue weighted by Gasteiger charge is 2.17. The van der Waals surface area contributed by atoms with Gasteiger partial charge < -0.3 is 9.80 Å². The molecule has 0 N–H and O–H groups in total. The van der Waals surface area contributed by atoms with Gasteiger partial charge in [-0.25, -0.2) is 0 Å². The summed E-state index contributed by atoms with van der Waals surface area (Å²) >= 11 is 0. The minimum atomic E-state index is 0.826. The van der Waals surface area contributed by atoms with Gasteiger partial charge in [0.1, 0.15) is 22.1 Å². The van der Waals surface area contributed by atoms with Gasteiger partial charge in [0.15, 0.2) is 0 Å². The molecule has 10 rings (SSSR count). The molecule has 8 nitrogen and oxygen atoms in total. The minimum Gasteiger partial charge on any atom is -0.310 e. The summed E-state index contributed by atoms with van der Waals surface area (Å²) in [5.41, 5.74) is 13.6. The molecule has 0 radical (unpaired) electrons. The van der Waals surface area contributed by atoms with Crippen molar-refractivity contribution in [1.29, 1.82) is 0 Å². The van der Waals surface area contributed by atoms with Crippen molar-refractivity contribution < 1.29 is 0 Å². The number of para-hydroxylation sites is 4. The molecule has 2 heterocycles. The lowest BCUT2D eigenvalue weighted by Crippen LogP contribution is -2.10. The second-order valence-corrected chi connectivity index (χ2v) is 13.4. The van der Waals surface area contributed by atoms with Crippen LogP contribution in [-0.2, 0) is 0 Å². The van der Waals surface area contributed by atoms with Crippen LogP contribution in [0.5, 0.6) is 0 Å². The molecular formula is C48H34N8. The van der Waals surface area contributed by atoms with E-state index in [2.05, 4.69) is 131 Å². The Morgan fingerprint density at radius 1 is 0.268 bits per heavy atom. The van der Waals surface area contributed by atoms with Gasteiger partial charge in [-0.3, -0.25) is 0 Å². The number of aromatic nitrogens is 6. The van der Waals surface area contributed by atoms with E-state index in [9.17, 15) is 0 Å². The molecule has 0 bridgehead atoms. The van der Waals surface area contributed by atoms with Gasteiger partial charge in [0, 0.05) is 34.1 Å². The number of hydrogen-bond acceptors (Lipinski definition) is 6. The van der Waals surface area contributed by atoms with Gasteiger partial charge in [0.2, 0.25) is 0 Å². The van der Waals surface area contributed by atoms with E-state index in [4.69, 9.17) is 20.4 Å². The van der Waals surface area contributed by atoms with Gasteiger partial charge in [-0.05, 0) is 120 Å². The first-order valence-corrected chi connectivity index (χ1v) is 18.5. The van der Waals surface area contributed by atoms with E-state index in [1.54, 1.807) is 9.59 Å². The van der Waals surface area contributed by atoms with Crippen molar-refractivity contribution >= 4 is 56.2 Å². The number of rotatable bonds is 9. The number of hydrogen-bond donors (Lipinski definition) is 0. The average molecular weight is 723 g/mol. The van der Waals surface area contributed by atoms with Crippen LogP contribution >= 0.6 is 0 Å². The Bertz CT molecular complexity index is 2690. The maximum Gasteiger partial charge on any atom is 0.115 e. The summed E-state index contributed by atoms with van der Waals surface area (Å²) in [5.74, 6) is 0. The predicted molar refractivity (Wildman–Crippen MR) is 226 cm³/mol. The maximum atomic E-state index is 4.82. The normalized spacial score (nSPS) is 11.2. The zero-order valence-corrected chi connectivity index (χ0v) is 30.2. The van der Waals surface area contributed by atoms with Gasteiger partial charge in [-0.1, -0.05) is 97.1 Å². The lowest BCUT2D eigenvalue weighted by atomic mass is 10.0. The van der Waals surface area contributed by atoms with Crippen LogP contribution in [0.4, 0.5) is 34.1 Å². The Morgan fingerprint density at radius 3 is 0.946 bits per heavy atom. The third-order valence-corrected chi connectivity index (χ3v) is 9.83. The number of nitrogens with zero attached hydrogens (tertiary/aromatic N) is 8. The molecule has 0 spiro atoms. The van der Waals surface area contributed by atoms with Crippen molar-refractivity contribution in [3.05, 3.63) is 206 Å². The minimum absolute atomic E-state index is 0.826. The molecule has 8 aromatic carbocycles. The summed E-state index contributed by atoms with van der Waals surface area (Å²) in [6.45, 7) is 0. The highest BCUT2D eigenvalue weighted by molar-refractivity contribution is 5.87. The van der Waals surface area contributed by atoms with Crippen LogP contribution in [0.3, 0.4) is 0 Å². The summed E-state index contributed by atoms with van der Waals surface area (Å²) in [6.07, 6.45) is 0. The second kappa shape index (κ2) is 14.2. The summed E-state index contributed by atoms with van der Waals surface area (Å²) in [7, 11) is 0. The predicted octanol–water partition coefficient (Wildman–Crippen LogP) is 11.8. The monoisotopic (exact) mass is 722 g/mol. The van der Waals surface area contributed by atoms with Crippen molar-refractivity contribution in [1.82, 2.24) is 30.0 Å². The molecular weight excluding hydrogens is 689 g/mol. The van der Waals surface area contributed by atoms with Gasteiger partial charge in [0.05, 0.1) is 11.4 Å². The molecule has 56 heavy (non-hydrogen) atoms. The summed E-state index contributed by atoms with van der Waals surface area (Å²) in [4.78, 5) is 7.89. The fraction of sp³-hybridized carbons (Fsp3) is 0. The van der Waals surface area contributed by atoms with Crippen LogP contribution in [0.25, 0.3) is 44.6 Å². The summed E-state index contributed by atoms with van der Waals surface area (Å²) in [5, 5.41) is 19.1. The van der Waals surface area contributed by atoms with Crippen molar-refractivity contribution in [3.63, 3.8) is 0 Å². The average Bonchev–Trinajstić information content (AvgIpc) is 3.91. The zero-order valence-electron chi connectivity index (χ0n) is 30.2. The zero-order chi connectivity index (χ0) is 37.3. The molecule has 10 aromatic rings. The molecule has 0 atom stereocenters. The molecule has 0 amide bonds. The Balaban J connectivity index is 0.959. The molecule has 8 heteroatoms.